The predicted octanol–water partition coefficient (Wildman–Crippen LogP) is -0.502. The summed E-state index contributed by atoms with van der Waals surface area (Å²) in [6.07, 6.45) is 4.88. The van der Waals surface area contributed by atoms with Crippen LogP contribution in [-0.2, 0) is 10.4 Å². The van der Waals surface area contributed by atoms with E-state index in [0.717, 1.165) is 0 Å². The second kappa shape index (κ2) is 4.42. The number of hydrogen-bond acceptors (Lipinski definition) is 3. The Morgan fingerprint density at radius 2 is 2.09 bits per heavy atom. The lowest BCUT2D eigenvalue weighted by molar-refractivity contribution is -0.484. The minimum absolute atomic E-state index is 1.26. The molecule has 0 saturated heterocycles. The molecule has 6 heteroatoms. The Morgan fingerprint density at radius 3 is 2.18 bits per heavy atom. The van der Waals surface area contributed by atoms with E-state index in [1.54, 1.807) is 0 Å². The lowest BCUT2D eigenvalue weighted by Gasteiger charge is -1.88. The molecule has 1 aliphatic heterocycles. The van der Waals surface area contributed by atoms with Gasteiger partial charge in [-0.15, -0.1) is 0 Å². The first-order valence-corrected chi connectivity index (χ1v) is 4.48. The number of nitrogens with zero attached hydrogens (tertiary/aromatic N) is 1. The third-order valence-electron chi connectivity index (χ3n) is 1.16. The number of rotatable bonds is 0. The maximum atomic E-state index is 8.63. The second-order valence-corrected chi connectivity index (χ2v) is 3.09. The van der Waals surface area contributed by atoms with Gasteiger partial charge in [0, 0.05) is 12.8 Å². The van der Waals surface area contributed by atoms with Gasteiger partial charge in [0.2, 0.25) is 10.4 Å². The van der Waals surface area contributed by atoms with Crippen LogP contribution < -0.4 is 0 Å². The molecule has 0 amide bonds. The van der Waals surface area contributed by atoms with E-state index in [4.69, 9.17) is 17.5 Å². The summed E-state index contributed by atoms with van der Waals surface area (Å²) >= 11 is 0. The molecule has 0 unspecified atom stereocenters. The van der Waals surface area contributed by atoms with E-state index in [1.807, 2.05) is 0 Å². The molecule has 1 N–H and O–H groups in total. The van der Waals surface area contributed by atoms with Gasteiger partial charge in [0.15, 0.2) is 0 Å². The molecule has 66 valence electrons. The smallest absolute Gasteiger partial charge is 0.215 e. The van der Waals surface area contributed by atoms with E-state index < -0.39 is 10.4 Å². The fourth-order valence-electron chi connectivity index (χ4n) is 0.744. The molecule has 0 atom stereocenters. The molecule has 0 aromatic rings. The first-order valence-electron chi connectivity index (χ1n) is 3.11. The van der Waals surface area contributed by atoms with Crippen LogP contribution in [0.4, 0.5) is 0 Å². The third kappa shape index (κ3) is 12.7. The molecule has 5 nitrogen and oxygen atoms in total. The predicted molar refractivity (Wildman–Crippen MR) is 38.7 cm³/mol. The van der Waals surface area contributed by atoms with E-state index in [-0.39, 0.29) is 0 Å². The van der Waals surface area contributed by atoms with Gasteiger partial charge in [-0.1, -0.05) is 0 Å². The fourth-order valence-corrected chi connectivity index (χ4v) is 0.744. The summed E-state index contributed by atoms with van der Waals surface area (Å²) in [5, 5.41) is 0. The van der Waals surface area contributed by atoms with Crippen molar-refractivity contribution in [2.24, 2.45) is 0 Å². The van der Waals surface area contributed by atoms with Gasteiger partial charge in [-0.05, 0) is 0 Å². The van der Waals surface area contributed by atoms with Crippen LogP contribution in [0.5, 0.6) is 0 Å². The zero-order valence-electron chi connectivity index (χ0n) is 6.23. The normalized spacial score (nSPS) is 16.8. The highest BCUT2D eigenvalue weighted by molar-refractivity contribution is 7.79. The summed E-state index contributed by atoms with van der Waals surface area (Å²) in [4.78, 5) is 0. The van der Waals surface area contributed by atoms with Crippen molar-refractivity contribution in [2.75, 3.05) is 13.6 Å². The number of hydrogen-bond donors (Lipinski definition) is 1. The van der Waals surface area contributed by atoms with Crippen molar-refractivity contribution in [3.8, 4) is 0 Å². The minimum atomic E-state index is -4.92. The Kier molecular flexibility index (Phi) is 4.24. The molecule has 1 rings (SSSR count). The molecular formula is C5H11NO4S. The standard InChI is InChI=1S/C5H10N.H2O4S/c1-6-4-2-3-5-6;1-5(2,3)4/h4H,2-3,5H2,1H3;(H2,1,2,3,4)/q+1;/p-1. The van der Waals surface area contributed by atoms with Crippen LogP contribution in [0.1, 0.15) is 12.8 Å². The SMILES string of the molecule is C[N+]1=CCCC1.O=S(=O)([O-])O. The highest BCUT2D eigenvalue weighted by Crippen LogP contribution is 1.91. The summed E-state index contributed by atoms with van der Waals surface area (Å²) in [6, 6.07) is 0. The van der Waals surface area contributed by atoms with Crippen molar-refractivity contribution in [1.29, 1.82) is 0 Å². The Morgan fingerprint density at radius 1 is 1.64 bits per heavy atom. The van der Waals surface area contributed by atoms with Crippen molar-refractivity contribution in [2.45, 2.75) is 12.8 Å². The van der Waals surface area contributed by atoms with Crippen molar-refractivity contribution >= 4 is 16.6 Å². The summed E-state index contributed by atoms with van der Waals surface area (Å²) in [5.74, 6) is 0. The molecule has 0 bridgehead atoms. The van der Waals surface area contributed by atoms with E-state index in [9.17, 15) is 0 Å². The van der Waals surface area contributed by atoms with Crippen LogP contribution in [0.3, 0.4) is 0 Å². The molecule has 11 heavy (non-hydrogen) atoms. The Bertz CT molecular complexity index is 223. The Hall–Kier alpha value is -0.460. The van der Waals surface area contributed by atoms with E-state index in [2.05, 4.69) is 17.8 Å². The molecule has 0 aromatic carbocycles. The maximum absolute atomic E-state index is 8.63. The van der Waals surface area contributed by atoms with Crippen molar-refractivity contribution in [3.63, 3.8) is 0 Å². The molecule has 1 aliphatic rings. The summed E-state index contributed by atoms with van der Waals surface area (Å²) in [7, 11) is -2.80. The highest BCUT2D eigenvalue weighted by atomic mass is 32.3. The van der Waals surface area contributed by atoms with Crippen LogP contribution in [0.25, 0.3) is 0 Å². The van der Waals surface area contributed by atoms with Gasteiger partial charge in [0.1, 0.15) is 19.8 Å². The van der Waals surface area contributed by atoms with Crippen LogP contribution in [0, 0.1) is 0 Å². The van der Waals surface area contributed by atoms with Gasteiger partial charge >= 0.3 is 0 Å². The first kappa shape index (κ1) is 10.5. The average molecular weight is 181 g/mol. The lowest BCUT2D eigenvalue weighted by Crippen LogP contribution is -1.97. The summed E-state index contributed by atoms with van der Waals surface area (Å²) in [5.41, 5.74) is 0. The van der Waals surface area contributed by atoms with Crippen LogP contribution >= 0.6 is 0 Å². The van der Waals surface area contributed by atoms with Gasteiger partial charge in [0.25, 0.3) is 0 Å². The van der Waals surface area contributed by atoms with Crippen molar-refractivity contribution in [3.05, 3.63) is 0 Å². The molecule has 0 radical (unpaired) electrons. The van der Waals surface area contributed by atoms with Crippen LogP contribution in [-0.4, -0.2) is 41.9 Å². The molecule has 0 saturated carbocycles. The summed E-state index contributed by atoms with van der Waals surface area (Å²) in [6.45, 7) is 1.26. The average Bonchev–Trinajstić information content (AvgIpc) is 2.12. The van der Waals surface area contributed by atoms with Gasteiger partial charge < -0.3 is 4.55 Å². The fraction of sp³-hybridized carbons (Fsp3) is 0.800. The lowest BCUT2D eigenvalue weighted by atomic mass is 10.4. The largest absolute Gasteiger partial charge is 0.726 e. The van der Waals surface area contributed by atoms with E-state index in [1.165, 1.54) is 19.4 Å². The Labute approximate surface area is 65.9 Å². The highest BCUT2D eigenvalue weighted by Gasteiger charge is 2.01. The first-order chi connectivity index (χ1) is 4.89. The topological polar surface area (TPSA) is 80.4 Å². The quantitative estimate of drug-likeness (QED) is 0.310. The van der Waals surface area contributed by atoms with Crippen molar-refractivity contribution in [1.82, 2.24) is 0 Å². The second-order valence-electron chi connectivity index (χ2n) is 2.23. The molecule has 0 spiro atoms. The molecule has 0 aromatic heterocycles. The molecule has 0 fully saturated rings. The zero-order valence-corrected chi connectivity index (χ0v) is 7.04. The monoisotopic (exact) mass is 181 g/mol. The molecule has 0 aliphatic carbocycles. The molecule has 1 heterocycles. The van der Waals surface area contributed by atoms with E-state index in [0.29, 0.717) is 0 Å². The van der Waals surface area contributed by atoms with Gasteiger partial charge in [-0.2, -0.15) is 0 Å². The molecular weight excluding hydrogens is 170 g/mol. The van der Waals surface area contributed by atoms with Crippen molar-refractivity contribution < 1.29 is 22.1 Å². The maximum Gasteiger partial charge on any atom is 0.215 e. The Balaban J connectivity index is 0.000000187. The van der Waals surface area contributed by atoms with Crippen LogP contribution in [0.2, 0.25) is 0 Å². The minimum Gasteiger partial charge on any atom is -0.726 e. The van der Waals surface area contributed by atoms with E-state index >= 15 is 0 Å². The van der Waals surface area contributed by atoms with Gasteiger partial charge in [-0.3, -0.25) is 4.55 Å². The third-order valence-corrected chi connectivity index (χ3v) is 1.16. The van der Waals surface area contributed by atoms with Gasteiger partial charge in [0.05, 0.1) is 0 Å². The van der Waals surface area contributed by atoms with Crippen LogP contribution in [0.15, 0.2) is 0 Å². The van der Waals surface area contributed by atoms with Gasteiger partial charge in [-0.25, -0.2) is 13.0 Å². The zero-order chi connectivity index (χ0) is 8.91. The summed E-state index contributed by atoms with van der Waals surface area (Å²) < 4.78 is 35.1.